The number of allylic oxidation sites excluding steroid dienone is 1. The number of amides is 1. The predicted molar refractivity (Wildman–Crippen MR) is 117 cm³/mol. The molecule has 0 aliphatic carbocycles. The second kappa shape index (κ2) is 8.41. The zero-order valence-corrected chi connectivity index (χ0v) is 16.8. The van der Waals surface area contributed by atoms with Gasteiger partial charge in [0.25, 0.3) is 0 Å². The van der Waals surface area contributed by atoms with Crippen molar-refractivity contribution in [2.75, 3.05) is 37.7 Å². The lowest BCUT2D eigenvalue weighted by atomic mass is 10.0. The molecule has 2 fully saturated rings. The van der Waals surface area contributed by atoms with E-state index in [1.807, 2.05) is 41.6 Å². The highest BCUT2D eigenvalue weighted by Gasteiger charge is 2.27. The van der Waals surface area contributed by atoms with Crippen molar-refractivity contribution >= 4 is 23.1 Å². The monoisotopic (exact) mass is 406 g/mol. The average Bonchev–Trinajstić information content (AvgIpc) is 3.24. The molecule has 1 unspecified atom stereocenters. The third-order valence-electron chi connectivity index (χ3n) is 5.70. The van der Waals surface area contributed by atoms with Crippen LogP contribution in [0, 0.1) is 0 Å². The number of nitrogens with one attached hydrogen (secondary N) is 3. The maximum Gasteiger partial charge on any atom is 0.227 e. The fraction of sp³-hybridized carbons (Fsp3) is 0.409. The van der Waals surface area contributed by atoms with Crippen molar-refractivity contribution in [2.24, 2.45) is 9.98 Å². The minimum atomic E-state index is -0.0863. The van der Waals surface area contributed by atoms with E-state index in [1.54, 1.807) is 0 Å². The molecule has 0 spiro atoms. The Kier molecular flexibility index (Phi) is 5.33. The van der Waals surface area contributed by atoms with Gasteiger partial charge in [0.1, 0.15) is 6.04 Å². The number of hydrogen-bond donors (Lipinski definition) is 3. The molecule has 3 N–H and O–H groups in total. The van der Waals surface area contributed by atoms with Crippen LogP contribution in [0.1, 0.15) is 18.4 Å². The third kappa shape index (κ3) is 3.88. The van der Waals surface area contributed by atoms with Crippen LogP contribution in [0.15, 0.2) is 58.4 Å². The van der Waals surface area contributed by atoms with Gasteiger partial charge < -0.3 is 25.6 Å². The Hall–Kier alpha value is -2.97. The number of fused-ring (bicyclic) bond motifs is 1. The van der Waals surface area contributed by atoms with Gasteiger partial charge in [-0.2, -0.15) is 0 Å². The molecule has 5 rings (SSSR count). The fourth-order valence-corrected chi connectivity index (χ4v) is 4.10. The fourth-order valence-electron chi connectivity index (χ4n) is 4.10. The lowest BCUT2D eigenvalue weighted by Gasteiger charge is -2.29. The van der Waals surface area contributed by atoms with Crippen LogP contribution in [0.25, 0.3) is 0 Å². The first kappa shape index (κ1) is 19.0. The lowest BCUT2D eigenvalue weighted by Crippen LogP contribution is -2.45. The SMILES string of the molecule is O=C1CCCN1c1ccc(C2=NC(=NC[C@@H]3CNCCO3)C3NC=CNC3=C2)cc1. The molecule has 4 aliphatic heterocycles. The van der Waals surface area contributed by atoms with E-state index >= 15 is 0 Å². The zero-order valence-electron chi connectivity index (χ0n) is 16.8. The average molecular weight is 406 g/mol. The Labute approximate surface area is 175 Å². The second-order valence-corrected chi connectivity index (χ2v) is 7.77. The first-order valence-electron chi connectivity index (χ1n) is 10.5. The molecular formula is C22H26N6O2. The van der Waals surface area contributed by atoms with Gasteiger partial charge >= 0.3 is 0 Å². The smallest absolute Gasteiger partial charge is 0.227 e. The van der Waals surface area contributed by atoms with E-state index in [0.717, 1.165) is 54.6 Å². The molecule has 0 radical (unpaired) electrons. The summed E-state index contributed by atoms with van der Waals surface area (Å²) in [7, 11) is 0. The molecule has 30 heavy (non-hydrogen) atoms. The number of carbonyl (C=O) groups is 1. The summed E-state index contributed by atoms with van der Waals surface area (Å²) in [5, 5.41) is 9.98. The maximum absolute atomic E-state index is 12.0. The predicted octanol–water partition coefficient (Wildman–Crippen LogP) is 0.920. The van der Waals surface area contributed by atoms with Crippen LogP contribution in [0.5, 0.6) is 0 Å². The van der Waals surface area contributed by atoms with Gasteiger partial charge in [-0.3, -0.25) is 9.79 Å². The summed E-state index contributed by atoms with van der Waals surface area (Å²) < 4.78 is 5.77. The topological polar surface area (TPSA) is 90.4 Å². The molecular weight excluding hydrogens is 380 g/mol. The molecule has 4 aliphatic rings. The van der Waals surface area contributed by atoms with Crippen molar-refractivity contribution in [3.63, 3.8) is 0 Å². The number of rotatable bonds is 4. The molecule has 0 bridgehead atoms. The van der Waals surface area contributed by atoms with Crippen molar-refractivity contribution in [3.05, 3.63) is 54.0 Å². The summed E-state index contributed by atoms with van der Waals surface area (Å²) in [5.41, 5.74) is 3.81. The van der Waals surface area contributed by atoms with Crippen molar-refractivity contribution in [2.45, 2.75) is 25.0 Å². The molecule has 0 aromatic heterocycles. The van der Waals surface area contributed by atoms with Gasteiger partial charge in [-0.05, 0) is 24.6 Å². The Bertz CT molecular complexity index is 927. The number of carbonyl (C=O) groups excluding carboxylic acids is 1. The normalized spacial score (nSPS) is 27.3. The number of benzene rings is 1. The van der Waals surface area contributed by atoms with E-state index in [-0.39, 0.29) is 18.1 Å². The Balaban J connectivity index is 1.40. The van der Waals surface area contributed by atoms with Crippen LogP contribution in [-0.4, -0.2) is 62.4 Å². The maximum atomic E-state index is 12.0. The number of dihydropyridines is 1. The summed E-state index contributed by atoms with van der Waals surface area (Å²) in [5.74, 6) is 0.938. The van der Waals surface area contributed by atoms with Crippen molar-refractivity contribution < 1.29 is 9.53 Å². The lowest BCUT2D eigenvalue weighted by molar-refractivity contribution is -0.117. The van der Waals surface area contributed by atoms with Gasteiger partial charge in [0.2, 0.25) is 5.91 Å². The summed E-state index contributed by atoms with van der Waals surface area (Å²) in [6.07, 6.45) is 7.43. The number of hydrogen-bond acceptors (Lipinski definition) is 6. The number of ether oxygens (including phenoxy) is 1. The van der Waals surface area contributed by atoms with E-state index in [4.69, 9.17) is 14.7 Å². The zero-order chi connectivity index (χ0) is 20.3. The van der Waals surface area contributed by atoms with E-state index in [0.29, 0.717) is 19.6 Å². The molecule has 2 saturated heterocycles. The van der Waals surface area contributed by atoms with Gasteiger partial charge in [-0.25, -0.2) is 4.99 Å². The molecule has 8 nitrogen and oxygen atoms in total. The van der Waals surface area contributed by atoms with Crippen LogP contribution in [0.4, 0.5) is 5.69 Å². The van der Waals surface area contributed by atoms with Gasteiger partial charge in [0, 0.05) is 55.4 Å². The highest BCUT2D eigenvalue weighted by molar-refractivity contribution is 6.18. The third-order valence-corrected chi connectivity index (χ3v) is 5.70. The molecule has 0 saturated carbocycles. The minimum Gasteiger partial charge on any atom is -0.375 e. The summed E-state index contributed by atoms with van der Waals surface area (Å²) in [6.45, 7) is 3.78. The minimum absolute atomic E-state index is 0.0728. The molecule has 1 aromatic carbocycles. The second-order valence-electron chi connectivity index (χ2n) is 7.77. The molecule has 2 atom stereocenters. The summed E-state index contributed by atoms with van der Waals surface area (Å²) in [4.78, 5) is 23.5. The molecule has 1 amide bonds. The Morgan fingerprint density at radius 3 is 2.90 bits per heavy atom. The van der Waals surface area contributed by atoms with Gasteiger partial charge in [0.05, 0.1) is 25.0 Å². The highest BCUT2D eigenvalue weighted by atomic mass is 16.5. The molecule has 156 valence electrons. The van der Waals surface area contributed by atoms with Crippen molar-refractivity contribution in [3.8, 4) is 0 Å². The van der Waals surface area contributed by atoms with E-state index in [9.17, 15) is 4.79 Å². The quantitative estimate of drug-likeness (QED) is 0.692. The van der Waals surface area contributed by atoms with E-state index < -0.39 is 0 Å². The van der Waals surface area contributed by atoms with Gasteiger partial charge in [0.15, 0.2) is 5.84 Å². The number of aliphatic imine (C=N–C) groups is 2. The van der Waals surface area contributed by atoms with E-state index in [1.165, 1.54) is 0 Å². The number of morpholine rings is 1. The van der Waals surface area contributed by atoms with Crippen LogP contribution in [0.3, 0.4) is 0 Å². The van der Waals surface area contributed by atoms with E-state index in [2.05, 4.69) is 22.0 Å². The van der Waals surface area contributed by atoms with Crippen molar-refractivity contribution in [1.82, 2.24) is 16.0 Å². The highest BCUT2D eigenvalue weighted by Crippen LogP contribution is 2.23. The molecule has 8 heteroatoms. The Morgan fingerprint density at radius 2 is 2.13 bits per heavy atom. The molecule has 1 aromatic rings. The van der Waals surface area contributed by atoms with Crippen LogP contribution >= 0.6 is 0 Å². The largest absolute Gasteiger partial charge is 0.375 e. The van der Waals surface area contributed by atoms with Gasteiger partial charge in [-0.15, -0.1) is 0 Å². The van der Waals surface area contributed by atoms with Crippen LogP contribution < -0.4 is 20.9 Å². The van der Waals surface area contributed by atoms with Crippen LogP contribution in [-0.2, 0) is 9.53 Å². The summed E-state index contributed by atoms with van der Waals surface area (Å²) in [6, 6.07) is 7.95. The van der Waals surface area contributed by atoms with Crippen LogP contribution in [0.2, 0.25) is 0 Å². The van der Waals surface area contributed by atoms with Gasteiger partial charge in [-0.1, -0.05) is 12.1 Å². The number of anilines is 1. The number of nitrogens with zero attached hydrogens (tertiary/aromatic N) is 3. The van der Waals surface area contributed by atoms with Crippen molar-refractivity contribution in [1.29, 1.82) is 0 Å². The standard InChI is InChI=1S/C22H26N6O2/c29-20-2-1-10-28(20)16-5-3-15(4-6-16)18-12-19-21(25-8-7-24-19)22(27-18)26-14-17-13-23-9-11-30-17/h3-8,12,17,21,23-25H,1-2,9-11,13-14H2/t17-,21?/m0/s1. The molecule has 4 heterocycles. The number of amidine groups is 1. The Morgan fingerprint density at radius 1 is 1.23 bits per heavy atom. The first-order valence-corrected chi connectivity index (χ1v) is 10.5. The first-order chi connectivity index (χ1) is 14.8. The summed E-state index contributed by atoms with van der Waals surface area (Å²) >= 11 is 0.